The molecule has 1 unspecified atom stereocenters. The second-order valence-corrected chi connectivity index (χ2v) is 7.05. The normalized spacial score (nSPS) is 21.3. The van der Waals surface area contributed by atoms with Crippen LogP contribution in [0, 0.1) is 5.92 Å². The first kappa shape index (κ1) is 20.0. The first-order valence-corrected chi connectivity index (χ1v) is 9.13. The lowest BCUT2D eigenvalue weighted by Crippen LogP contribution is -2.49. The van der Waals surface area contributed by atoms with Gasteiger partial charge in [-0.3, -0.25) is 9.79 Å². The number of nitrogens with zero attached hydrogens (tertiary/aromatic N) is 1. The van der Waals surface area contributed by atoms with E-state index in [1.807, 2.05) is 45.0 Å². The van der Waals surface area contributed by atoms with Gasteiger partial charge in [0.25, 0.3) is 0 Å². The first-order valence-electron chi connectivity index (χ1n) is 7.77. The number of halogens is 1. The summed E-state index contributed by atoms with van der Waals surface area (Å²) < 4.78 is 0. The Hall–Kier alpha value is -1.04. The highest BCUT2D eigenvalue weighted by atomic mass is 35.5. The van der Waals surface area contributed by atoms with Crippen LogP contribution in [0.1, 0.15) is 46.2 Å². The number of nitrogens with one attached hydrogen (secondary N) is 1. The van der Waals surface area contributed by atoms with Gasteiger partial charge in [0.15, 0.2) is 5.17 Å². The van der Waals surface area contributed by atoms with Crippen LogP contribution < -0.4 is 5.32 Å². The summed E-state index contributed by atoms with van der Waals surface area (Å²) in [6.45, 7) is 9.22. The molecule has 0 aliphatic carbocycles. The maximum absolute atomic E-state index is 12.0. The summed E-state index contributed by atoms with van der Waals surface area (Å²) in [5.74, 6) is -0.105. The van der Waals surface area contributed by atoms with Crippen LogP contribution in [0.25, 0.3) is 0 Å². The van der Waals surface area contributed by atoms with Crippen molar-refractivity contribution in [2.24, 2.45) is 10.9 Å². The van der Waals surface area contributed by atoms with Gasteiger partial charge in [0.05, 0.1) is 17.6 Å². The highest BCUT2D eigenvalue weighted by molar-refractivity contribution is 8.14. The van der Waals surface area contributed by atoms with Crippen molar-refractivity contribution >= 4 is 34.4 Å². The Morgan fingerprint density at radius 1 is 1.39 bits per heavy atom. The molecular weight excluding hydrogens is 332 g/mol. The van der Waals surface area contributed by atoms with Crippen LogP contribution in [0.3, 0.4) is 0 Å². The van der Waals surface area contributed by atoms with Gasteiger partial charge < -0.3 is 10.4 Å². The number of hydrogen-bond acceptors (Lipinski definition) is 4. The van der Waals surface area contributed by atoms with Crippen LogP contribution in [0.4, 0.5) is 0 Å². The van der Waals surface area contributed by atoms with E-state index in [2.05, 4.69) is 10.3 Å². The molecule has 0 bridgehead atoms. The third-order valence-electron chi connectivity index (χ3n) is 3.45. The number of amides is 1. The Kier molecular flexibility index (Phi) is 7.58. The summed E-state index contributed by atoms with van der Waals surface area (Å²) in [4.78, 5) is 16.6. The number of hydrogen-bond donors (Lipinski definition) is 2. The zero-order valence-corrected chi connectivity index (χ0v) is 15.8. The van der Waals surface area contributed by atoms with Crippen molar-refractivity contribution < 1.29 is 9.90 Å². The summed E-state index contributed by atoms with van der Waals surface area (Å²) >= 11 is 7.60. The number of carbonyl (C=O) groups excluding carboxylic acids is 1. The van der Waals surface area contributed by atoms with Gasteiger partial charge in [-0.05, 0) is 32.4 Å². The summed E-state index contributed by atoms with van der Waals surface area (Å²) in [7, 11) is 0. The molecule has 1 amide bonds. The molecule has 1 heterocycles. The van der Waals surface area contributed by atoms with E-state index in [4.69, 9.17) is 11.6 Å². The highest BCUT2D eigenvalue weighted by Crippen LogP contribution is 2.29. The number of aliphatic imine (C=N–C) groups is 1. The van der Waals surface area contributed by atoms with E-state index >= 15 is 0 Å². The maximum atomic E-state index is 12.0. The van der Waals surface area contributed by atoms with Crippen molar-refractivity contribution in [1.29, 1.82) is 0 Å². The molecule has 4 nitrogen and oxygen atoms in total. The molecule has 6 heteroatoms. The lowest BCUT2D eigenvalue weighted by atomic mass is 9.92. The zero-order chi connectivity index (χ0) is 17.6. The lowest BCUT2D eigenvalue weighted by Gasteiger charge is -2.31. The quantitative estimate of drug-likeness (QED) is 0.859. The van der Waals surface area contributed by atoms with Crippen molar-refractivity contribution in [3.8, 4) is 0 Å². The predicted octanol–water partition coefficient (Wildman–Crippen LogP) is 4.03. The average molecular weight is 357 g/mol. The fraction of sp³-hybridized carbons (Fsp3) is 0.529. The molecule has 1 fully saturated rings. The molecule has 23 heavy (non-hydrogen) atoms. The monoisotopic (exact) mass is 356 g/mol. The molecule has 0 spiro atoms. The molecule has 1 saturated heterocycles. The first-order chi connectivity index (χ1) is 10.8. The van der Waals surface area contributed by atoms with Crippen molar-refractivity contribution in [3.05, 3.63) is 34.9 Å². The van der Waals surface area contributed by atoms with E-state index in [9.17, 15) is 9.90 Å². The molecule has 1 aliphatic rings. The van der Waals surface area contributed by atoms with Gasteiger partial charge in [0.1, 0.15) is 0 Å². The molecule has 2 N–H and O–H groups in total. The fourth-order valence-corrected chi connectivity index (χ4v) is 3.70. The molecule has 0 aromatic heterocycles. The Balaban J connectivity index is 0.00000127. The van der Waals surface area contributed by atoms with Gasteiger partial charge in [0.2, 0.25) is 5.91 Å². The van der Waals surface area contributed by atoms with Gasteiger partial charge in [-0.15, -0.1) is 0 Å². The van der Waals surface area contributed by atoms with Crippen molar-refractivity contribution in [2.75, 3.05) is 5.75 Å². The number of carbonyl (C=O) groups is 1. The van der Waals surface area contributed by atoms with E-state index in [-0.39, 0.29) is 11.9 Å². The fourth-order valence-electron chi connectivity index (χ4n) is 2.12. The second kappa shape index (κ2) is 8.71. The van der Waals surface area contributed by atoms with Gasteiger partial charge in [-0.1, -0.05) is 55.4 Å². The van der Waals surface area contributed by atoms with E-state index in [1.165, 1.54) is 11.8 Å². The highest BCUT2D eigenvalue weighted by Gasteiger charge is 2.37. The Morgan fingerprint density at radius 3 is 2.52 bits per heavy atom. The minimum Gasteiger partial charge on any atom is -0.390 e. The minimum absolute atomic E-state index is 0.139. The zero-order valence-electron chi connectivity index (χ0n) is 14.3. The number of aliphatic hydroxyl groups is 1. The topological polar surface area (TPSA) is 61.7 Å². The van der Waals surface area contributed by atoms with E-state index in [1.54, 1.807) is 13.8 Å². The lowest BCUT2D eigenvalue weighted by molar-refractivity contribution is -0.129. The van der Waals surface area contributed by atoms with Crippen LogP contribution in [-0.2, 0) is 4.79 Å². The predicted molar refractivity (Wildman–Crippen MR) is 99.0 cm³/mol. The van der Waals surface area contributed by atoms with Gasteiger partial charge in [-0.2, -0.15) is 0 Å². The third-order valence-corrected chi connectivity index (χ3v) is 4.78. The van der Waals surface area contributed by atoms with Crippen LogP contribution >= 0.6 is 23.4 Å². The van der Waals surface area contributed by atoms with Crippen LogP contribution in [0.15, 0.2) is 29.3 Å². The van der Waals surface area contributed by atoms with Gasteiger partial charge in [-0.25, -0.2) is 0 Å². The third kappa shape index (κ3) is 5.52. The van der Waals surface area contributed by atoms with Crippen molar-refractivity contribution in [3.63, 3.8) is 0 Å². The number of amidine groups is 1. The minimum atomic E-state index is -1.03. The number of thioether (sulfide) groups is 1. The summed E-state index contributed by atoms with van der Waals surface area (Å²) in [5, 5.41) is 14.0. The summed E-state index contributed by atoms with van der Waals surface area (Å²) in [6.07, 6.45) is 0. The summed E-state index contributed by atoms with van der Waals surface area (Å²) in [5.41, 5.74) is -0.108. The van der Waals surface area contributed by atoms with Crippen molar-refractivity contribution in [2.45, 2.75) is 46.3 Å². The molecule has 0 radical (unpaired) electrons. The van der Waals surface area contributed by atoms with Crippen LogP contribution in [-0.4, -0.2) is 27.5 Å². The van der Waals surface area contributed by atoms with Gasteiger partial charge >= 0.3 is 0 Å². The van der Waals surface area contributed by atoms with Crippen molar-refractivity contribution in [1.82, 2.24) is 5.32 Å². The van der Waals surface area contributed by atoms with E-state index < -0.39 is 11.5 Å². The summed E-state index contributed by atoms with van der Waals surface area (Å²) in [6, 6.07) is 7.39. The molecule has 2 atom stereocenters. The van der Waals surface area contributed by atoms with Gasteiger partial charge in [0, 0.05) is 10.8 Å². The molecule has 2 rings (SSSR count). The van der Waals surface area contributed by atoms with Crippen LogP contribution in [0.5, 0.6) is 0 Å². The molecular formula is C17H25ClN2O2S. The Morgan fingerprint density at radius 2 is 2.00 bits per heavy atom. The number of benzene rings is 1. The largest absolute Gasteiger partial charge is 0.390 e. The van der Waals surface area contributed by atoms with E-state index in [0.717, 1.165) is 5.56 Å². The SMILES string of the molecule is CC.C[C@H](N=C1NC(=O)C(C(C)(C)O)CS1)c1ccccc1Cl. The Labute approximate surface area is 147 Å². The maximum Gasteiger partial charge on any atom is 0.232 e. The number of rotatable bonds is 3. The molecule has 1 aliphatic heterocycles. The molecule has 1 aromatic rings. The van der Waals surface area contributed by atoms with E-state index in [0.29, 0.717) is 15.9 Å². The molecule has 0 saturated carbocycles. The van der Waals surface area contributed by atoms with Crippen LogP contribution in [0.2, 0.25) is 5.02 Å². The average Bonchev–Trinajstić information content (AvgIpc) is 2.48. The standard InChI is InChI=1S/C15H19ClN2O2S.C2H6/c1-9(10-6-4-5-7-12(10)16)17-14-18-13(19)11(8-21-14)15(2,3)20;1-2/h4-7,9,11,20H,8H2,1-3H3,(H,17,18,19);1-2H3/t9-,11?;/m0./s1. The smallest absolute Gasteiger partial charge is 0.232 e. The second-order valence-electron chi connectivity index (χ2n) is 5.64. The Bertz CT molecular complexity index is 570. The molecule has 1 aromatic carbocycles. The molecule has 128 valence electrons.